The maximum Gasteiger partial charge on any atom is 0.331 e. The van der Waals surface area contributed by atoms with Gasteiger partial charge in [-0.05, 0) is 82.6 Å². The second-order valence-electron chi connectivity index (χ2n) is 19.0. The van der Waals surface area contributed by atoms with E-state index >= 15 is 4.79 Å². The van der Waals surface area contributed by atoms with E-state index in [2.05, 4.69) is 21.5 Å². The SMILES string of the molecule is CC(C)CC1CCC(O)(C(C)(O)C(=O)N[C@@H]2C(=O)N3NCCCC3C(=O)N(O)[C@@H](C)C(=O)N(C)[C@@H](Cc3ccccc3)C(=O)N3NCCCC3C(=O)N[C@@H](CO)C(=O)OC2C(C)C)OC1C. The molecule has 4 aliphatic heterocycles. The lowest BCUT2D eigenvalue weighted by molar-refractivity contribution is -0.326. The van der Waals surface area contributed by atoms with Gasteiger partial charge in [-0.1, -0.05) is 58.0 Å². The van der Waals surface area contributed by atoms with Crippen molar-refractivity contribution in [1.82, 2.24) is 41.5 Å². The second kappa shape index (κ2) is 21.9. The van der Waals surface area contributed by atoms with Crippen molar-refractivity contribution in [1.29, 1.82) is 0 Å². The van der Waals surface area contributed by atoms with Crippen molar-refractivity contribution < 1.29 is 63.6 Å². The summed E-state index contributed by atoms with van der Waals surface area (Å²) in [6, 6.07) is -0.640. The molecule has 66 heavy (non-hydrogen) atoms. The number of likely N-dealkylation sites (N-methyl/N-ethyl adjacent to an activating group) is 1. The molecule has 6 amide bonds. The van der Waals surface area contributed by atoms with Crippen LogP contribution in [-0.4, -0.2) is 169 Å². The molecule has 0 aromatic heterocycles. The van der Waals surface area contributed by atoms with Crippen molar-refractivity contribution in [2.45, 2.75) is 160 Å². The van der Waals surface area contributed by atoms with Crippen molar-refractivity contribution >= 4 is 41.4 Å². The first-order chi connectivity index (χ1) is 31.0. The molecular formula is C45H70N8O13. The molecule has 21 nitrogen and oxygen atoms in total. The van der Waals surface area contributed by atoms with Crippen molar-refractivity contribution in [3.8, 4) is 0 Å². The minimum absolute atomic E-state index is 0.0133. The zero-order valence-corrected chi connectivity index (χ0v) is 39.3. The summed E-state index contributed by atoms with van der Waals surface area (Å²) in [5.41, 5.74) is 3.71. The zero-order valence-electron chi connectivity index (χ0n) is 39.3. The summed E-state index contributed by atoms with van der Waals surface area (Å²) < 4.78 is 11.9. The molecule has 4 fully saturated rings. The topological polar surface area (TPSA) is 280 Å². The molecule has 4 heterocycles. The van der Waals surface area contributed by atoms with E-state index in [1.54, 1.807) is 51.1 Å². The van der Waals surface area contributed by atoms with E-state index in [0.717, 1.165) is 28.3 Å². The van der Waals surface area contributed by atoms with Gasteiger partial charge in [-0.3, -0.25) is 44.0 Å². The molecule has 0 saturated carbocycles. The maximum atomic E-state index is 15.0. The number of carbonyl (C=O) groups excluding carboxylic acids is 7. The number of cyclic esters (lactones) is 1. The Morgan fingerprint density at radius 3 is 2.09 bits per heavy atom. The maximum absolute atomic E-state index is 15.0. The lowest BCUT2D eigenvalue weighted by Crippen LogP contribution is -2.70. The fraction of sp³-hybridized carbons (Fsp3) is 0.711. The molecule has 5 rings (SSSR count). The lowest BCUT2D eigenvalue weighted by Gasteiger charge is -2.47. The second-order valence-corrected chi connectivity index (χ2v) is 19.0. The summed E-state index contributed by atoms with van der Waals surface area (Å²) in [7, 11) is 1.33. The minimum Gasteiger partial charge on any atom is -0.458 e. The van der Waals surface area contributed by atoms with Gasteiger partial charge in [0, 0.05) is 33.0 Å². The molecule has 11 atom stereocenters. The van der Waals surface area contributed by atoms with E-state index in [-0.39, 0.29) is 49.8 Å². The van der Waals surface area contributed by atoms with Crippen LogP contribution >= 0.6 is 0 Å². The summed E-state index contributed by atoms with van der Waals surface area (Å²) >= 11 is 0. The standard InChI is InChI=1S/C45H70N8O13/c1-25(2)22-30-18-19-45(63,66-28(30)6)44(7,62)43(61)49-35-36(26(3)4)65-42(60)31(24-54)48-37(55)32-16-12-20-46-51(32)39(57)34(23-29-14-10-9-11-15-29)50(8)38(56)27(5)53(64)40(58)33-17-13-21-47-52(33)41(35)59/h9-11,14-15,25-28,30-36,46-47,54,62-64H,12-13,16-24H2,1-8H3,(H,48,55)(H,49,61)/t27-,28?,30?,31-,32?,33?,34-,35-,36?,44?,45?/m0/s1. The fourth-order valence-electron chi connectivity index (χ4n) is 9.20. The van der Waals surface area contributed by atoms with E-state index < -0.39 is 114 Å². The molecule has 1 aromatic carbocycles. The van der Waals surface area contributed by atoms with Crippen molar-refractivity contribution in [3.63, 3.8) is 0 Å². The number of hydrogen-bond acceptors (Lipinski definition) is 15. The third-order valence-corrected chi connectivity index (χ3v) is 13.3. The molecule has 8 N–H and O–H groups in total. The molecule has 21 heteroatoms. The highest BCUT2D eigenvalue weighted by Gasteiger charge is 2.57. The number of aliphatic hydroxyl groups excluding tert-OH is 1. The molecule has 0 bridgehead atoms. The number of esters is 1. The molecule has 0 radical (unpaired) electrons. The highest BCUT2D eigenvalue weighted by atomic mass is 16.6. The molecule has 368 valence electrons. The van der Waals surface area contributed by atoms with Gasteiger partial charge in [0.1, 0.15) is 36.3 Å². The summed E-state index contributed by atoms with van der Waals surface area (Å²) in [6.45, 7) is 10.6. The molecule has 0 spiro atoms. The van der Waals surface area contributed by atoms with Gasteiger partial charge in [0.15, 0.2) is 11.6 Å². The minimum atomic E-state index is -2.72. The number of nitrogens with zero attached hydrogens (tertiary/aromatic N) is 4. The smallest absolute Gasteiger partial charge is 0.331 e. The average molecular weight is 931 g/mol. The highest BCUT2D eigenvalue weighted by molar-refractivity contribution is 5.97. The molecule has 1 aromatic rings. The van der Waals surface area contributed by atoms with Crippen LogP contribution in [0.1, 0.15) is 99.0 Å². The van der Waals surface area contributed by atoms with Gasteiger partial charge in [-0.25, -0.2) is 20.7 Å². The predicted molar refractivity (Wildman–Crippen MR) is 235 cm³/mol. The first kappa shape index (κ1) is 52.2. The number of aliphatic hydroxyl groups is 3. The van der Waals surface area contributed by atoms with Gasteiger partial charge in [0.05, 0.1) is 12.7 Å². The van der Waals surface area contributed by atoms with E-state index in [9.17, 15) is 49.3 Å². The van der Waals surface area contributed by atoms with E-state index in [0.29, 0.717) is 30.7 Å². The van der Waals surface area contributed by atoms with E-state index in [4.69, 9.17) is 9.47 Å². The van der Waals surface area contributed by atoms with Crippen molar-refractivity contribution in [2.75, 3.05) is 26.7 Å². The Balaban J connectivity index is 1.58. The van der Waals surface area contributed by atoms with Crippen LogP contribution in [0.4, 0.5) is 0 Å². The number of ether oxygens (including phenoxy) is 2. The van der Waals surface area contributed by atoms with Gasteiger partial charge >= 0.3 is 5.97 Å². The van der Waals surface area contributed by atoms with E-state index in [1.165, 1.54) is 14.0 Å². The Morgan fingerprint density at radius 2 is 1.52 bits per heavy atom. The van der Waals surface area contributed by atoms with Crippen LogP contribution in [0.25, 0.3) is 0 Å². The van der Waals surface area contributed by atoms with Crippen LogP contribution in [0.5, 0.6) is 0 Å². The van der Waals surface area contributed by atoms with Crippen LogP contribution in [-0.2, 0) is 49.5 Å². The fourth-order valence-corrected chi connectivity index (χ4v) is 9.20. The normalized spacial score (nSPS) is 32.4. The third kappa shape index (κ3) is 11.3. The number of hydrazine groups is 2. The first-order valence-corrected chi connectivity index (χ1v) is 23.0. The largest absolute Gasteiger partial charge is 0.458 e. The Bertz CT molecular complexity index is 1920. The van der Waals surface area contributed by atoms with Crippen molar-refractivity contribution in [3.05, 3.63) is 35.9 Å². The highest BCUT2D eigenvalue weighted by Crippen LogP contribution is 2.40. The molecule has 4 aliphatic rings. The van der Waals surface area contributed by atoms with Crippen LogP contribution in [0, 0.1) is 17.8 Å². The van der Waals surface area contributed by atoms with Crippen LogP contribution in [0.2, 0.25) is 0 Å². The number of nitrogens with one attached hydrogen (secondary N) is 4. The zero-order chi connectivity index (χ0) is 48.8. The Kier molecular flexibility index (Phi) is 17.3. The number of carbonyl (C=O) groups is 7. The van der Waals surface area contributed by atoms with Crippen LogP contribution in [0.15, 0.2) is 30.3 Å². The Morgan fingerprint density at radius 1 is 0.909 bits per heavy atom. The Labute approximate surface area is 385 Å². The summed E-state index contributed by atoms with van der Waals surface area (Å²) in [4.78, 5) is 102. The van der Waals surface area contributed by atoms with Crippen LogP contribution in [0.3, 0.4) is 0 Å². The van der Waals surface area contributed by atoms with Crippen molar-refractivity contribution in [2.24, 2.45) is 17.8 Å². The number of hydroxylamine groups is 2. The number of hydrogen-bond donors (Lipinski definition) is 8. The van der Waals surface area contributed by atoms with Crippen LogP contribution < -0.4 is 21.5 Å². The molecule has 0 aliphatic carbocycles. The summed E-state index contributed by atoms with van der Waals surface area (Å²) in [5, 5.41) is 52.8. The summed E-state index contributed by atoms with van der Waals surface area (Å²) in [5.74, 6) is -10.1. The average Bonchev–Trinajstić information content (AvgIpc) is 3.29. The number of fused-ring (bicyclic) bond motifs is 2. The van der Waals surface area contributed by atoms with Gasteiger partial charge in [-0.15, -0.1) is 0 Å². The van der Waals surface area contributed by atoms with Gasteiger partial charge in [-0.2, -0.15) is 0 Å². The number of amides is 6. The van der Waals surface area contributed by atoms with Gasteiger partial charge < -0.3 is 40.3 Å². The Hall–Kier alpha value is -4.77. The quantitative estimate of drug-likeness (QED) is 0.115. The monoisotopic (exact) mass is 931 g/mol. The number of benzene rings is 1. The molecule has 4 saturated heterocycles. The molecule has 7 unspecified atom stereocenters. The summed E-state index contributed by atoms with van der Waals surface area (Å²) in [6.07, 6.45) is -0.464. The van der Waals surface area contributed by atoms with Gasteiger partial charge in [0.25, 0.3) is 23.6 Å². The molecular weight excluding hydrogens is 861 g/mol. The predicted octanol–water partition coefficient (Wildman–Crippen LogP) is -0.502. The third-order valence-electron chi connectivity index (χ3n) is 13.3. The first-order valence-electron chi connectivity index (χ1n) is 23.0. The van der Waals surface area contributed by atoms with Gasteiger partial charge in [0.2, 0.25) is 17.6 Å². The lowest BCUT2D eigenvalue weighted by atomic mass is 9.79. The van der Waals surface area contributed by atoms with E-state index in [1.807, 2.05) is 13.8 Å². The number of rotatable bonds is 9.